The van der Waals surface area contributed by atoms with Crippen LogP contribution >= 0.6 is 15.9 Å². The van der Waals surface area contributed by atoms with E-state index in [9.17, 15) is 0 Å². The van der Waals surface area contributed by atoms with Crippen LogP contribution in [0.15, 0.2) is 53.1 Å². The summed E-state index contributed by atoms with van der Waals surface area (Å²) in [6.45, 7) is 0. The monoisotopic (exact) mass is 338 g/mol. The fourth-order valence-electron chi connectivity index (χ4n) is 2.11. The smallest absolute Gasteiger partial charge is 0.0992 e. The van der Waals surface area contributed by atoms with E-state index >= 15 is 0 Å². The highest BCUT2D eigenvalue weighted by Gasteiger charge is 2.06. The lowest BCUT2D eigenvalue weighted by Crippen LogP contribution is -1.95. The minimum absolute atomic E-state index is 0.611. The average Bonchev–Trinajstić information content (AvgIpc) is 2.49. The Morgan fingerprint density at radius 3 is 2.71 bits per heavy atom. The van der Waals surface area contributed by atoms with E-state index in [0.29, 0.717) is 11.3 Å². The maximum atomic E-state index is 8.90. The lowest BCUT2D eigenvalue weighted by molar-refractivity contribution is 1.40. The topological polar surface area (TPSA) is 74.7 Å². The van der Waals surface area contributed by atoms with E-state index in [1.807, 2.05) is 30.3 Å². The first kappa shape index (κ1) is 13.4. The number of halogens is 1. The van der Waals surface area contributed by atoms with Crippen LogP contribution in [0.25, 0.3) is 10.9 Å². The molecule has 0 fully saturated rings. The van der Waals surface area contributed by atoms with Gasteiger partial charge < -0.3 is 11.1 Å². The second-order valence-electron chi connectivity index (χ2n) is 4.57. The Kier molecular flexibility index (Phi) is 3.46. The van der Waals surface area contributed by atoms with Crippen molar-refractivity contribution in [2.45, 2.75) is 0 Å². The highest BCUT2D eigenvalue weighted by Crippen LogP contribution is 2.30. The number of nitrogen functional groups attached to an aromatic ring is 1. The van der Waals surface area contributed by atoms with Crippen molar-refractivity contribution in [3.05, 3.63) is 58.7 Å². The lowest BCUT2D eigenvalue weighted by Gasteiger charge is -2.11. The number of aromatic nitrogens is 1. The molecule has 3 aromatic rings. The second kappa shape index (κ2) is 5.43. The molecule has 5 heteroatoms. The van der Waals surface area contributed by atoms with Crippen molar-refractivity contribution in [2.24, 2.45) is 0 Å². The maximum absolute atomic E-state index is 8.90. The molecule has 3 N–H and O–H groups in total. The van der Waals surface area contributed by atoms with E-state index < -0.39 is 0 Å². The number of nitriles is 1. The van der Waals surface area contributed by atoms with Crippen LogP contribution in [0.4, 0.5) is 17.1 Å². The number of hydrogen-bond donors (Lipinski definition) is 2. The molecule has 0 saturated carbocycles. The zero-order valence-electron chi connectivity index (χ0n) is 11.0. The Labute approximate surface area is 130 Å². The van der Waals surface area contributed by atoms with E-state index in [2.05, 4.69) is 32.3 Å². The minimum Gasteiger partial charge on any atom is -0.399 e. The van der Waals surface area contributed by atoms with E-state index in [1.54, 1.807) is 18.3 Å². The molecule has 0 aliphatic carbocycles. The summed E-state index contributed by atoms with van der Waals surface area (Å²) < 4.78 is 0.835. The van der Waals surface area contributed by atoms with Crippen molar-refractivity contribution in [3.8, 4) is 6.07 Å². The molecule has 0 radical (unpaired) electrons. The summed E-state index contributed by atoms with van der Waals surface area (Å²) in [6, 6.07) is 15.1. The Bertz CT molecular complexity index is 868. The normalized spacial score (nSPS) is 10.3. The fraction of sp³-hybridized carbons (Fsp3) is 0. The average molecular weight is 339 g/mol. The molecule has 2 aromatic carbocycles. The molecule has 0 saturated heterocycles. The van der Waals surface area contributed by atoms with Crippen molar-refractivity contribution in [1.29, 1.82) is 5.26 Å². The number of nitrogens with two attached hydrogens (primary N) is 1. The molecule has 4 nitrogen and oxygen atoms in total. The molecule has 21 heavy (non-hydrogen) atoms. The van der Waals surface area contributed by atoms with Gasteiger partial charge in [-0.1, -0.05) is 0 Å². The zero-order chi connectivity index (χ0) is 14.8. The van der Waals surface area contributed by atoms with Gasteiger partial charge in [-0.05, 0) is 58.4 Å². The van der Waals surface area contributed by atoms with Crippen LogP contribution in [0.5, 0.6) is 0 Å². The van der Waals surface area contributed by atoms with Crippen LogP contribution in [0.3, 0.4) is 0 Å². The first-order valence-corrected chi connectivity index (χ1v) is 7.07. The summed E-state index contributed by atoms with van der Waals surface area (Å²) in [4.78, 5) is 4.32. The number of pyridine rings is 1. The Morgan fingerprint density at radius 1 is 1.10 bits per heavy atom. The quantitative estimate of drug-likeness (QED) is 0.687. The van der Waals surface area contributed by atoms with Crippen LogP contribution in [0.2, 0.25) is 0 Å². The van der Waals surface area contributed by atoms with Crippen LogP contribution < -0.4 is 11.1 Å². The van der Waals surface area contributed by atoms with E-state index in [-0.39, 0.29) is 0 Å². The van der Waals surface area contributed by atoms with Crippen molar-refractivity contribution >= 4 is 43.9 Å². The maximum Gasteiger partial charge on any atom is 0.0992 e. The minimum atomic E-state index is 0.611. The van der Waals surface area contributed by atoms with Crippen LogP contribution in [0, 0.1) is 11.3 Å². The third-order valence-electron chi connectivity index (χ3n) is 3.13. The predicted molar refractivity (Wildman–Crippen MR) is 88.3 cm³/mol. The number of nitrogens with one attached hydrogen (secondary N) is 1. The Balaban J connectivity index is 2.04. The fourth-order valence-corrected chi connectivity index (χ4v) is 2.58. The van der Waals surface area contributed by atoms with E-state index in [4.69, 9.17) is 11.0 Å². The van der Waals surface area contributed by atoms with E-state index in [1.165, 1.54) is 0 Å². The Hall–Kier alpha value is -2.58. The molecule has 0 aliphatic heterocycles. The zero-order valence-corrected chi connectivity index (χ0v) is 12.6. The van der Waals surface area contributed by atoms with Gasteiger partial charge in [-0.25, -0.2) is 0 Å². The molecule has 102 valence electrons. The van der Waals surface area contributed by atoms with Crippen molar-refractivity contribution in [2.75, 3.05) is 11.1 Å². The van der Waals surface area contributed by atoms with Crippen molar-refractivity contribution in [3.63, 3.8) is 0 Å². The number of anilines is 3. The molecule has 1 heterocycles. The van der Waals surface area contributed by atoms with Gasteiger partial charge in [0.25, 0.3) is 0 Å². The molecule has 0 atom stereocenters. The number of hydrogen-bond acceptors (Lipinski definition) is 4. The third kappa shape index (κ3) is 2.67. The summed E-state index contributed by atoms with van der Waals surface area (Å²) in [5.41, 5.74) is 9.74. The highest BCUT2D eigenvalue weighted by atomic mass is 79.9. The molecule has 0 aliphatic rings. The SMILES string of the molecule is N#Cc1ccc(Nc2ccnc3cc(N)ccc23)c(Br)c1. The van der Waals surface area contributed by atoms with Crippen LogP contribution in [-0.2, 0) is 0 Å². The summed E-state index contributed by atoms with van der Waals surface area (Å²) in [6.07, 6.45) is 1.74. The number of fused-ring (bicyclic) bond motifs is 1. The molecule has 1 aromatic heterocycles. The summed E-state index contributed by atoms with van der Waals surface area (Å²) in [5, 5.41) is 13.2. The highest BCUT2D eigenvalue weighted by molar-refractivity contribution is 9.10. The van der Waals surface area contributed by atoms with Gasteiger partial charge in [-0.2, -0.15) is 5.26 Å². The van der Waals surface area contributed by atoms with Crippen LogP contribution in [0.1, 0.15) is 5.56 Å². The summed E-state index contributed by atoms with van der Waals surface area (Å²) >= 11 is 3.47. The molecule has 0 amide bonds. The molecular formula is C16H11BrN4. The summed E-state index contributed by atoms with van der Waals surface area (Å²) in [7, 11) is 0. The lowest BCUT2D eigenvalue weighted by atomic mass is 10.1. The van der Waals surface area contributed by atoms with Gasteiger partial charge >= 0.3 is 0 Å². The van der Waals surface area contributed by atoms with Gasteiger partial charge in [0.2, 0.25) is 0 Å². The van der Waals surface area contributed by atoms with Crippen molar-refractivity contribution in [1.82, 2.24) is 4.98 Å². The number of nitrogens with zero attached hydrogens (tertiary/aromatic N) is 2. The van der Waals surface area contributed by atoms with E-state index in [0.717, 1.165) is 26.8 Å². The van der Waals surface area contributed by atoms with Gasteiger partial charge in [0.05, 0.1) is 22.8 Å². The third-order valence-corrected chi connectivity index (χ3v) is 3.79. The standard InChI is InChI=1S/C16H11BrN4/c17-13-7-10(9-18)1-4-15(13)21-14-5-6-20-16-8-11(19)2-3-12(14)16/h1-8H,19H2,(H,20,21). The first-order chi connectivity index (χ1) is 10.2. The predicted octanol–water partition coefficient (Wildman–Crippen LogP) is 4.19. The van der Waals surface area contributed by atoms with Gasteiger partial charge in [-0.15, -0.1) is 0 Å². The van der Waals surface area contributed by atoms with Gasteiger partial charge in [-0.3, -0.25) is 4.98 Å². The largest absolute Gasteiger partial charge is 0.399 e. The molecule has 0 spiro atoms. The summed E-state index contributed by atoms with van der Waals surface area (Å²) in [5.74, 6) is 0. The van der Waals surface area contributed by atoms with Gasteiger partial charge in [0.1, 0.15) is 0 Å². The Morgan fingerprint density at radius 2 is 1.95 bits per heavy atom. The van der Waals surface area contributed by atoms with Crippen molar-refractivity contribution < 1.29 is 0 Å². The van der Waals surface area contributed by atoms with Gasteiger partial charge in [0, 0.05) is 27.4 Å². The second-order valence-corrected chi connectivity index (χ2v) is 5.42. The van der Waals surface area contributed by atoms with Gasteiger partial charge in [0.15, 0.2) is 0 Å². The number of benzene rings is 2. The van der Waals surface area contributed by atoms with Crippen LogP contribution in [-0.4, -0.2) is 4.98 Å². The molecule has 3 rings (SSSR count). The molecule has 0 bridgehead atoms. The number of rotatable bonds is 2. The molecular weight excluding hydrogens is 328 g/mol. The molecule has 0 unspecified atom stereocenters. The first-order valence-electron chi connectivity index (χ1n) is 6.28.